The van der Waals surface area contributed by atoms with Crippen LogP contribution in [0.4, 0.5) is 0 Å². The maximum atomic E-state index is 11.4. The van der Waals surface area contributed by atoms with E-state index in [-0.39, 0.29) is 10.5 Å². The first kappa shape index (κ1) is 13.5. The van der Waals surface area contributed by atoms with Crippen molar-refractivity contribution >= 4 is 16.0 Å². The van der Waals surface area contributed by atoms with Gasteiger partial charge in [0.05, 0.1) is 24.2 Å². The maximum Gasteiger partial charge on any atom is 0.339 e. The van der Waals surface area contributed by atoms with E-state index in [1.165, 1.54) is 18.2 Å². The highest BCUT2D eigenvalue weighted by atomic mass is 32.2. The normalized spacial score (nSPS) is 11.0. The van der Waals surface area contributed by atoms with Crippen molar-refractivity contribution < 1.29 is 22.7 Å². The van der Waals surface area contributed by atoms with Gasteiger partial charge >= 0.3 is 5.97 Å². The van der Waals surface area contributed by atoms with Crippen LogP contribution in [-0.4, -0.2) is 28.1 Å². The molecule has 0 aliphatic heterocycles. The molecule has 0 saturated carbocycles. The SMILES string of the molecule is CCOc1ccc(C(=O)OC)c(S(N)(=O)=O)c1. The molecule has 0 unspecified atom stereocenters. The third kappa shape index (κ3) is 3.18. The molecule has 0 fully saturated rings. The summed E-state index contributed by atoms with van der Waals surface area (Å²) in [7, 11) is -2.85. The molecule has 0 aromatic heterocycles. The highest BCUT2D eigenvalue weighted by Gasteiger charge is 2.20. The van der Waals surface area contributed by atoms with Gasteiger partial charge in [-0.05, 0) is 19.1 Å². The number of sulfonamides is 1. The smallest absolute Gasteiger partial charge is 0.339 e. The van der Waals surface area contributed by atoms with Crippen LogP contribution in [0.2, 0.25) is 0 Å². The third-order valence-electron chi connectivity index (χ3n) is 1.98. The predicted octanol–water partition coefficient (Wildman–Crippen LogP) is 0.519. The summed E-state index contributed by atoms with van der Waals surface area (Å²) in [5, 5.41) is 5.02. The number of nitrogens with two attached hydrogens (primary N) is 1. The van der Waals surface area contributed by atoms with Gasteiger partial charge in [-0.25, -0.2) is 18.4 Å². The minimum atomic E-state index is -4.01. The molecule has 94 valence electrons. The minimum Gasteiger partial charge on any atom is -0.494 e. The van der Waals surface area contributed by atoms with E-state index in [1.807, 2.05) is 0 Å². The fourth-order valence-electron chi connectivity index (χ4n) is 1.27. The average Bonchev–Trinajstić information content (AvgIpc) is 2.27. The molecule has 0 heterocycles. The van der Waals surface area contributed by atoms with Gasteiger partial charge < -0.3 is 9.47 Å². The van der Waals surface area contributed by atoms with Gasteiger partial charge in [-0.1, -0.05) is 0 Å². The van der Waals surface area contributed by atoms with Gasteiger partial charge in [0.2, 0.25) is 10.0 Å². The molecule has 1 aromatic rings. The number of esters is 1. The Morgan fingerprint density at radius 2 is 2.06 bits per heavy atom. The largest absolute Gasteiger partial charge is 0.494 e. The van der Waals surface area contributed by atoms with E-state index in [1.54, 1.807) is 6.92 Å². The summed E-state index contributed by atoms with van der Waals surface area (Å²) in [6.07, 6.45) is 0. The lowest BCUT2D eigenvalue weighted by atomic mass is 10.2. The Bertz CT molecular complexity index is 523. The summed E-state index contributed by atoms with van der Waals surface area (Å²) in [5.74, 6) is -0.443. The maximum absolute atomic E-state index is 11.4. The second-order valence-corrected chi connectivity index (χ2v) is 4.66. The van der Waals surface area contributed by atoms with E-state index in [0.717, 1.165) is 7.11 Å². The molecular weight excluding hydrogens is 246 g/mol. The lowest BCUT2D eigenvalue weighted by Gasteiger charge is -2.09. The standard InChI is InChI=1S/C10H13NO5S/c1-3-16-7-4-5-8(10(12)15-2)9(6-7)17(11,13)14/h4-6H,3H2,1-2H3,(H2,11,13,14). The third-order valence-corrected chi connectivity index (χ3v) is 2.93. The Morgan fingerprint density at radius 3 is 2.53 bits per heavy atom. The number of benzene rings is 1. The Balaban J connectivity index is 3.37. The zero-order valence-corrected chi connectivity index (χ0v) is 10.3. The molecule has 0 atom stereocenters. The van der Waals surface area contributed by atoms with Crippen LogP contribution in [0.5, 0.6) is 5.75 Å². The number of hydrogen-bond acceptors (Lipinski definition) is 5. The number of carbonyl (C=O) groups is 1. The Morgan fingerprint density at radius 1 is 1.41 bits per heavy atom. The number of hydrogen-bond donors (Lipinski definition) is 1. The van der Waals surface area contributed by atoms with E-state index in [2.05, 4.69) is 4.74 Å². The summed E-state index contributed by atoms with van der Waals surface area (Å²) in [6.45, 7) is 2.13. The quantitative estimate of drug-likeness (QED) is 0.795. The fraction of sp³-hybridized carbons (Fsp3) is 0.300. The molecule has 0 spiro atoms. The Kier molecular flexibility index (Phi) is 4.08. The number of primary sulfonamides is 1. The molecular formula is C10H13NO5S. The highest BCUT2D eigenvalue weighted by molar-refractivity contribution is 7.89. The van der Waals surface area contributed by atoms with Crippen LogP contribution < -0.4 is 9.88 Å². The van der Waals surface area contributed by atoms with Crippen LogP contribution in [0.25, 0.3) is 0 Å². The van der Waals surface area contributed by atoms with Crippen LogP contribution in [0.15, 0.2) is 23.1 Å². The first-order valence-corrected chi connectivity index (χ1v) is 6.32. The van der Waals surface area contributed by atoms with Crippen LogP contribution in [0, 0.1) is 0 Å². The van der Waals surface area contributed by atoms with Crippen molar-refractivity contribution in [1.29, 1.82) is 0 Å². The summed E-state index contributed by atoms with van der Waals surface area (Å²) in [6, 6.07) is 3.98. The van der Waals surface area contributed by atoms with Crippen molar-refractivity contribution in [2.75, 3.05) is 13.7 Å². The highest BCUT2D eigenvalue weighted by Crippen LogP contribution is 2.22. The van der Waals surface area contributed by atoms with Crippen LogP contribution in [0.1, 0.15) is 17.3 Å². The molecule has 0 radical (unpaired) electrons. The van der Waals surface area contributed by atoms with Gasteiger partial charge in [0.15, 0.2) is 0 Å². The zero-order chi connectivity index (χ0) is 13.1. The van der Waals surface area contributed by atoms with Crippen molar-refractivity contribution in [3.63, 3.8) is 0 Å². The second kappa shape index (κ2) is 5.15. The lowest BCUT2D eigenvalue weighted by molar-refractivity contribution is 0.0596. The number of carbonyl (C=O) groups excluding carboxylic acids is 1. The van der Waals surface area contributed by atoms with E-state index in [4.69, 9.17) is 9.88 Å². The van der Waals surface area contributed by atoms with E-state index < -0.39 is 16.0 Å². The van der Waals surface area contributed by atoms with Gasteiger partial charge in [-0.3, -0.25) is 0 Å². The summed E-state index contributed by atoms with van der Waals surface area (Å²) in [5.41, 5.74) is -0.113. The van der Waals surface area contributed by atoms with Crippen molar-refractivity contribution in [3.05, 3.63) is 23.8 Å². The summed E-state index contributed by atoms with van der Waals surface area (Å²) >= 11 is 0. The molecule has 1 rings (SSSR count). The molecule has 0 amide bonds. The second-order valence-electron chi connectivity index (χ2n) is 3.13. The van der Waals surface area contributed by atoms with Crippen molar-refractivity contribution in [3.8, 4) is 5.75 Å². The Hall–Kier alpha value is -1.60. The van der Waals surface area contributed by atoms with E-state index in [9.17, 15) is 13.2 Å². The molecule has 17 heavy (non-hydrogen) atoms. The van der Waals surface area contributed by atoms with Crippen LogP contribution in [-0.2, 0) is 14.8 Å². The van der Waals surface area contributed by atoms with E-state index >= 15 is 0 Å². The molecule has 0 saturated heterocycles. The molecule has 6 nitrogen and oxygen atoms in total. The molecule has 7 heteroatoms. The summed E-state index contributed by atoms with van der Waals surface area (Å²) in [4.78, 5) is 11.1. The Labute approximate surface area is 99.4 Å². The molecule has 0 aliphatic carbocycles. The predicted molar refractivity (Wildman–Crippen MR) is 60.3 cm³/mol. The topological polar surface area (TPSA) is 95.7 Å². The molecule has 0 aliphatic rings. The first-order chi connectivity index (χ1) is 7.90. The van der Waals surface area contributed by atoms with Gasteiger partial charge in [0.1, 0.15) is 5.75 Å². The van der Waals surface area contributed by atoms with Gasteiger partial charge in [0.25, 0.3) is 0 Å². The van der Waals surface area contributed by atoms with Crippen molar-refractivity contribution in [2.45, 2.75) is 11.8 Å². The van der Waals surface area contributed by atoms with Gasteiger partial charge in [-0.15, -0.1) is 0 Å². The van der Waals surface area contributed by atoms with Crippen LogP contribution >= 0.6 is 0 Å². The van der Waals surface area contributed by atoms with Gasteiger partial charge in [-0.2, -0.15) is 0 Å². The number of rotatable bonds is 4. The number of ether oxygens (including phenoxy) is 2. The minimum absolute atomic E-state index is 0.113. The van der Waals surface area contributed by atoms with Gasteiger partial charge in [0, 0.05) is 6.07 Å². The number of methoxy groups -OCH3 is 1. The van der Waals surface area contributed by atoms with E-state index in [0.29, 0.717) is 12.4 Å². The molecule has 1 aromatic carbocycles. The average molecular weight is 259 g/mol. The monoisotopic (exact) mass is 259 g/mol. The lowest BCUT2D eigenvalue weighted by Crippen LogP contribution is -2.17. The molecule has 2 N–H and O–H groups in total. The van der Waals surface area contributed by atoms with Crippen molar-refractivity contribution in [1.82, 2.24) is 0 Å². The first-order valence-electron chi connectivity index (χ1n) is 4.78. The fourth-order valence-corrected chi connectivity index (χ4v) is 2.01. The zero-order valence-electron chi connectivity index (χ0n) is 9.47. The molecule has 0 bridgehead atoms. The summed E-state index contributed by atoms with van der Waals surface area (Å²) < 4.78 is 32.3. The van der Waals surface area contributed by atoms with Crippen LogP contribution in [0.3, 0.4) is 0 Å². The van der Waals surface area contributed by atoms with Crippen molar-refractivity contribution in [2.24, 2.45) is 5.14 Å².